The van der Waals surface area contributed by atoms with Gasteiger partial charge in [0.15, 0.2) is 0 Å². The number of alkyl halides is 2. The summed E-state index contributed by atoms with van der Waals surface area (Å²) in [5.41, 5.74) is 1.03. The highest BCUT2D eigenvalue weighted by molar-refractivity contribution is 5.28. The number of benzene rings is 1. The first kappa shape index (κ1) is 13.3. The van der Waals surface area contributed by atoms with Crippen LogP contribution in [0.25, 0.3) is 0 Å². The van der Waals surface area contributed by atoms with Crippen molar-refractivity contribution in [2.75, 3.05) is 13.1 Å². The third kappa shape index (κ3) is 3.95. The summed E-state index contributed by atoms with van der Waals surface area (Å²) < 4.78 is 28.7. The van der Waals surface area contributed by atoms with Gasteiger partial charge in [-0.3, -0.25) is 4.90 Å². The van der Waals surface area contributed by atoms with Crippen LogP contribution in [0, 0.1) is 5.92 Å². The molecule has 0 spiro atoms. The van der Waals surface area contributed by atoms with E-state index < -0.39 is 6.61 Å². The van der Waals surface area contributed by atoms with Gasteiger partial charge in [-0.25, -0.2) is 0 Å². The molecular formula is C14H19F2NO. The normalized spacial score (nSPS) is 21.2. The second-order valence-corrected chi connectivity index (χ2v) is 5.01. The molecular weight excluding hydrogens is 236 g/mol. The maximum Gasteiger partial charge on any atom is 0.387 e. The van der Waals surface area contributed by atoms with Crippen LogP contribution in [0.15, 0.2) is 24.3 Å². The minimum atomic E-state index is -2.75. The van der Waals surface area contributed by atoms with Gasteiger partial charge in [-0.05, 0) is 43.0 Å². The molecule has 1 saturated heterocycles. The van der Waals surface area contributed by atoms with E-state index in [1.807, 2.05) is 6.07 Å². The highest BCUT2D eigenvalue weighted by atomic mass is 19.3. The van der Waals surface area contributed by atoms with Gasteiger partial charge in [0.2, 0.25) is 0 Å². The van der Waals surface area contributed by atoms with Gasteiger partial charge in [-0.1, -0.05) is 19.1 Å². The molecule has 1 fully saturated rings. The van der Waals surface area contributed by atoms with E-state index in [0.717, 1.165) is 31.1 Å². The fourth-order valence-electron chi connectivity index (χ4n) is 2.51. The molecule has 18 heavy (non-hydrogen) atoms. The van der Waals surface area contributed by atoms with Crippen LogP contribution in [-0.4, -0.2) is 24.6 Å². The van der Waals surface area contributed by atoms with E-state index in [2.05, 4.69) is 16.6 Å². The Kier molecular flexibility index (Phi) is 4.53. The molecule has 1 aliphatic heterocycles. The zero-order valence-electron chi connectivity index (χ0n) is 10.6. The van der Waals surface area contributed by atoms with E-state index in [-0.39, 0.29) is 5.75 Å². The Labute approximate surface area is 107 Å². The first-order valence-corrected chi connectivity index (χ1v) is 6.39. The molecule has 0 amide bonds. The van der Waals surface area contributed by atoms with Crippen LogP contribution >= 0.6 is 0 Å². The van der Waals surface area contributed by atoms with Crippen molar-refractivity contribution in [2.24, 2.45) is 5.92 Å². The van der Waals surface area contributed by atoms with E-state index >= 15 is 0 Å². The van der Waals surface area contributed by atoms with E-state index in [1.165, 1.54) is 12.8 Å². The Bertz CT molecular complexity index is 384. The summed E-state index contributed by atoms with van der Waals surface area (Å²) >= 11 is 0. The summed E-state index contributed by atoms with van der Waals surface area (Å²) in [7, 11) is 0. The third-order valence-corrected chi connectivity index (χ3v) is 3.27. The predicted octanol–water partition coefficient (Wildman–Crippen LogP) is 3.52. The summed E-state index contributed by atoms with van der Waals surface area (Å²) in [6.45, 7) is 2.48. The van der Waals surface area contributed by atoms with Crippen LogP contribution in [0.3, 0.4) is 0 Å². The molecule has 0 saturated carbocycles. The van der Waals surface area contributed by atoms with Gasteiger partial charge in [-0.2, -0.15) is 8.78 Å². The van der Waals surface area contributed by atoms with Gasteiger partial charge in [-0.15, -0.1) is 0 Å². The van der Waals surface area contributed by atoms with E-state index in [0.29, 0.717) is 0 Å². The van der Waals surface area contributed by atoms with Crippen molar-refractivity contribution < 1.29 is 13.5 Å². The number of halogens is 2. The van der Waals surface area contributed by atoms with Gasteiger partial charge in [0.25, 0.3) is 0 Å². The zero-order chi connectivity index (χ0) is 13.0. The molecule has 0 aliphatic carbocycles. The molecule has 1 aromatic carbocycles. The van der Waals surface area contributed by atoms with Crippen molar-refractivity contribution in [1.82, 2.24) is 4.90 Å². The molecule has 1 aliphatic rings. The number of piperidine rings is 1. The number of hydrogen-bond acceptors (Lipinski definition) is 2. The van der Waals surface area contributed by atoms with Gasteiger partial charge in [0.1, 0.15) is 5.75 Å². The standard InChI is InChI=1S/C14H19F2NO/c1-11-4-3-7-17(9-11)10-12-5-2-6-13(8-12)18-14(15)16/h2,5-6,8,11,14H,3-4,7,9-10H2,1H3/t11-/m1/s1. The lowest BCUT2D eigenvalue weighted by molar-refractivity contribution is -0.0499. The number of likely N-dealkylation sites (tertiary alicyclic amines) is 1. The Hall–Kier alpha value is -1.16. The SMILES string of the molecule is C[C@@H]1CCCN(Cc2cccc(OC(F)F)c2)C1. The Balaban J connectivity index is 1.96. The molecule has 0 unspecified atom stereocenters. The quantitative estimate of drug-likeness (QED) is 0.816. The fraction of sp³-hybridized carbons (Fsp3) is 0.571. The maximum absolute atomic E-state index is 12.1. The van der Waals surface area contributed by atoms with Crippen LogP contribution < -0.4 is 4.74 Å². The van der Waals surface area contributed by atoms with Crippen LogP contribution in [0.2, 0.25) is 0 Å². The largest absolute Gasteiger partial charge is 0.435 e. The van der Waals surface area contributed by atoms with Crippen molar-refractivity contribution in [3.8, 4) is 5.75 Å². The van der Waals surface area contributed by atoms with E-state index in [9.17, 15) is 8.78 Å². The van der Waals surface area contributed by atoms with Gasteiger partial charge < -0.3 is 4.74 Å². The monoisotopic (exact) mass is 255 g/mol. The molecule has 100 valence electrons. The minimum absolute atomic E-state index is 0.243. The summed E-state index contributed by atoms with van der Waals surface area (Å²) in [4.78, 5) is 2.37. The molecule has 1 heterocycles. The topological polar surface area (TPSA) is 12.5 Å². The number of ether oxygens (including phenoxy) is 1. The van der Waals surface area contributed by atoms with E-state index in [1.54, 1.807) is 18.2 Å². The fourth-order valence-corrected chi connectivity index (χ4v) is 2.51. The van der Waals surface area contributed by atoms with Crippen LogP contribution in [0.1, 0.15) is 25.3 Å². The highest BCUT2D eigenvalue weighted by Crippen LogP contribution is 2.20. The molecule has 2 nitrogen and oxygen atoms in total. The summed E-state index contributed by atoms with van der Waals surface area (Å²) in [5, 5.41) is 0. The first-order chi connectivity index (χ1) is 8.63. The minimum Gasteiger partial charge on any atom is -0.435 e. The third-order valence-electron chi connectivity index (χ3n) is 3.27. The van der Waals surface area contributed by atoms with Crippen molar-refractivity contribution in [2.45, 2.75) is 32.9 Å². The number of nitrogens with zero attached hydrogens (tertiary/aromatic N) is 1. The lowest BCUT2D eigenvalue weighted by Gasteiger charge is -2.30. The van der Waals surface area contributed by atoms with Gasteiger partial charge in [0, 0.05) is 13.1 Å². The summed E-state index contributed by atoms with van der Waals surface area (Å²) in [6, 6.07) is 6.98. The van der Waals surface area contributed by atoms with Crippen molar-refractivity contribution in [3.63, 3.8) is 0 Å². The summed E-state index contributed by atoms with van der Waals surface area (Å²) in [6.07, 6.45) is 2.50. The Morgan fingerprint density at radius 1 is 1.44 bits per heavy atom. The van der Waals surface area contributed by atoms with E-state index in [4.69, 9.17) is 0 Å². The molecule has 0 N–H and O–H groups in total. The van der Waals surface area contributed by atoms with Crippen LogP contribution in [-0.2, 0) is 6.54 Å². The molecule has 0 bridgehead atoms. The van der Waals surface area contributed by atoms with Crippen LogP contribution in [0.5, 0.6) is 5.75 Å². The average molecular weight is 255 g/mol. The maximum atomic E-state index is 12.1. The molecule has 0 aromatic heterocycles. The second-order valence-electron chi connectivity index (χ2n) is 5.01. The van der Waals surface area contributed by atoms with Crippen molar-refractivity contribution in [3.05, 3.63) is 29.8 Å². The van der Waals surface area contributed by atoms with Gasteiger partial charge in [0.05, 0.1) is 0 Å². The Morgan fingerprint density at radius 3 is 3.00 bits per heavy atom. The average Bonchev–Trinajstić information content (AvgIpc) is 2.28. The first-order valence-electron chi connectivity index (χ1n) is 6.39. The molecule has 4 heteroatoms. The second kappa shape index (κ2) is 6.14. The molecule has 1 atom stereocenters. The lowest BCUT2D eigenvalue weighted by Crippen LogP contribution is -2.33. The highest BCUT2D eigenvalue weighted by Gasteiger charge is 2.16. The van der Waals surface area contributed by atoms with Crippen molar-refractivity contribution >= 4 is 0 Å². The van der Waals surface area contributed by atoms with Gasteiger partial charge >= 0.3 is 6.61 Å². The van der Waals surface area contributed by atoms with Crippen LogP contribution in [0.4, 0.5) is 8.78 Å². The smallest absolute Gasteiger partial charge is 0.387 e. The number of hydrogen-bond donors (Lipinski definition) is 0. The molecule has 0 radical (unpaired) electrons. The number of rotatable bonds is 4. The zero-order valence-corrected chi connectivity index (χ0v) is 10.6. The lowest BCUT2D eigenvalue weighted by atomic mass is 10.00. The van der Waals surface area contributed by atoms with Crippen molar-refractivity contribution in [1.29, 1.82) is 0 Å². The molecule has 1 aromatic rings. The molecule has 2 rings (SSSR count). The summed E-state index contributed by atoms with van der Waals surface area (Å²) in [5.74, 6) is 0.965. The predicted molar refractivity (Wildman–Crippen MR) is 66.7 cm³/mol. The Morgan fingerprint density at radius 2 is 2.28 bits per heavy atom.